The molecule has 2 saturated carbocycles. The lowest BCUT2D eigenvalue weighted by molar-refractivity contribution is -0.172. The lowest BCUT2D eigenvalue weighted by atomic mass is 9.72. The van der Waals surface area contributed by atoms with Gasteiger partial charge in [-0.05, 0) is 25.7 Å². The van der Waals surface area contributed by atoms with E-state index in [2.05, 4.69) is 16.0 Å². The third-order valence-electron chi connectivity index (χ3n) is 5.58. The number of hydrogen-bond acceptors (Lipinski definition) is 5. The standard InChI is InChI=1S/C17H25N3O3/c21-15-11-14(16(22)20(15)23)17(9-5-2-6-10-17)19-12-18-13-7-3-1-4-8-13/h13-14,23H,1-11H2. The molecule has 0 aromatic heterocycles. The number of carbonyl (C=O) groups is 2. The van der Waals surface area contributed by atoms with E-state index in [9.17, 15) is 14.8 Å². The van der Waals surface area contributed by atoms with Gasteiger partial charge in [-0.15, -0.1) is 0 Å². The van der Waals surface area contributed by atoms with Gasteiger partial charge in [0.1, 0.15) is 0 Å². The van der Waals surface area contributed by atoms with E-state index in [1.165, 1.54) is 19.3 Å². The van der Waals surface area contributed by atoms with Crippen molar-refractivity contribution in [1.82, 2.24) is 5.06 Å². The van der Waals surface area contributed by atoms with Crippen molar-refractivity contribution in [2.24, 2.45) is 15.9 Å². The molecule has 6 heteroatoms. The monoisotopic (exact) mass is 319 g/mol. The second-order valence-corrected chi connectivity index (χ2v) is 7.10. The van der Waals surface area contributed by atoms with Crippen LogP contribution in [-0.4, -0.2) is 39.7 Å². The first-order valence-electron chi connectivity index (χ1n) is 8.85. The Bertz CT molecular complexity index is 527. The number of hydrogen-bond donors (Lipinski definition) is 1. The first-order valence-corrected chi connectivity index (χ1v) is 8.85. The molecule has 3 aliphatic rings. The Morgan fingerprint density at radius 2 is 1.70 bits per heavy atom. The predicted molar refractivity (Wildman–Crippen MR) is 84.3 cm³/mol. The summed E-state index contributed by atoms with van der Waals surface area (Å²) in [6, 6.07) is 3.17. The summed E-state index contributed by atoms with van der Waals surface area (Å²) in [5, 5.41) is 9.83. The lowest BCUT2D eigenvalue weighted by Gasteiger charge is -2.36. The zero-order valence-corrected chi connectivity index (χ0v) is 13.5. The maximum absolute atomic E-state index is 12.2. The number of aliphatic imine (C=N–C) groups is 2. The van der Waals surface area contributed by atoms with Gasteiger partial charge in [0.25, 0.3) is 11.8 Å². The van der Waals surface area contributed by atoms with Gasteiger partial charge in [-0.25, -0.2) is 9.98 Å². The molecule has 6 nitrogen and oxygen atoms in total. The van der Waals surface area contributed by atoms with Gasteiger partial charge in [0, 0.05) is 6.42 Å². The Morgan fingerprint density at radius 3 is 2.30 bits per heavy atom. The van der Waals surface area contributed by atoms with E-state index < -0.39 is 23.3 Å². The van der Waals surface area contributed by atoms with Crippen LogP contribution < -0.4 is 0 Å². The third kappa shape index (κ3) is 3.38. The molecule has 0 aromatic rings. The minimum absolute atomic E-state index is 0.0456. The van der Waals surface area contributed by atoms with Gasteiger partial charge in [0.05, 0.1) is 23.5 Å². The molecule has 126 valence electrons. The van der Waals surface area contributed by atoms with Crippen molar-refractivity contribution < 1.29 is 14.8 Å². The molecule has 2 aliphatic carbocycles. The van der Waals surface area contributed by atoms with Gasteiger partial charge in [0.2, 0.25) is 0 Å². The van der Waals surface area contributed by atoms with E-state index in [1.54, 1.807) is 0 Å². The van der Waals surface area contributed by atoms with Crippen LogP contribution in [0.4, 0.5) is 0 Å². The first kappa shape index (κ1) is 16.3. The van der Waals surface area contributed by atoms with Crippen molar-refractivity contribution in [3.63, 3.8) is 0 Å². The molecule has 1 N–H and O–H groups in total. The van der Waals surface area contributed by atoms with Gasteiger partial charge in [-0.3, -0.25) is 14.8 Å². The van der Waals surface area contributed by atoms with Crippen molar-refractivity contribution in [3.8, 4) is 0 Å². The second kappa shape index (κ2) is 6.93. The Labute approximate surface area is 136 Å². The fourth-order valence-electron chi connectivity index (χ4n) is 4.16. The van der Waals surface area contributed by atoms with Gasteiger partial charge < -0.3 is 0 Å². The van der Waals surface area contributed by atoms with E-state index in [1.807, 2.05) is 0 Å². The fraction of sp³-hybridized carbons (Fsp3) is 0.824. The summed E-state index contributed by atoms with van der Waals surface area (Å²) in [5.74, 6) is -1.60. The SMILES string of the molecule is O=C1CC(C2(N=C=NC3CCCCC3)CCCCC2)C(=O)N1O. The smallest absolute Gasteiger partial charge is 0.259 e. The van der Waals surface area contributed by atoms with Crippen molar-refractivity contribution in [2.75, 3.05) is 0 Å². The Hall–Kier alpha value is -1.52. The molecule has 1 heterocycles. The van der Waals surface area contributed by atoms with Crippen LogP contribution in [0.5, 0.6) is 0 Å². The molecule has 0 aromatic carbocycles. The van der Waals surface area contributed by atoms with E-state index in [4.69, 9.17) is 0 Å². The maximum Gasteiger partial charge on any atom is 0.259 e. The van der Waals surface area contributed by atoms with Crippen LogP contribution in [0.2, 0.25) is 0 Å². The molecule has 0 bridgehead atoms. The molecule has 0 spiro atoms. The molecule has 3 fully saturated rings. The molecule has 3 rings (SSSR count). The number of amides is 2. The zero-order valence-electron chi connectivity index (χ0n) is 13.5. The Kier molecular flexibility index (Phi) is 4.93. The van der Waals surface area contributed by atoms with Crippen LogP contribution in [0.3, 0.4) is 0 Å². The second-order valence-electron chi connectivity index (χ2n) is 7.10. The Morgan fingerprint density at radius 1 is 1.04 bits per heavy atom. The summed E-state index contributed by atoms with van der Waals surface area (Å²) in [6.45, 7) is 0. The molecule has 2 amide bonds. The molecule has 1 saturated heterocycles. The molecular weight excluding hydrogens is 294 g/mol. The van der Waals surface area contributed by atoms with Crippen LogP contribution in [0, 0.1) is 5.92 Å². The minimum atomic E-state index is -0.610. The van der Waals surface area contributed by atoms with E-state index in [0.717, 1.165) is 44.9 Å². The summed E-state index contributed by atoms with van der Waals surface area (Å²) >= 11 is 0. The number of hydroxylamine groups is 2. The van der Waals surface area contributed by atoms with Crippen LogP contribution >= 0.6 is 0 Å². The highest BCUT2D eigenvalue weighted by Gasteiger charge is 2.51. The summed E-state index contributed by atoms with van der Waals surface area (Å²) in [7, 11) is 0. The normalized spacial score (nSPS) is 28.6. The summed E-state index contributed by atoms with van der Waals surface area (Å²) < 4.78 is 0. The molecular formula is C17H25N3O3. The largest absolute Gasteiger partial charge is 0.279 e. The van der Waals surface area contributed by atoms with Crippen molar-refractivity contribution >= 4 is 17.8 Å². The molecule has 0 radical (unpaired) electrons. The average molecular weight is 319 g/mol. The van der Waals surface area contributed by atoms with E-state index in [-0.39, 0.29) is 11.5 Å². The molecule has 23 heavy (non-hydrogen) atoms. The van der Waals surface area contributed by atoms with Gasteiger partial charge in [-0.2, -0.15) is 5.06 Å². The van der Waals surface area contributed by atoms with Crippen molar-refractivity contribution in [3.05, 3.63) is 0 Å². The van der Waals surface area contributed by atoms with Crippen LogP contribution in [0.15, 0.2) is 9.98 Å². The summed E-state index contributed by atoms with van der Waals surface area (Å²) in [5.41, 5.74) is -0.610. The fourth-order valence-corrected chi connectivity index (χ4v) is 4.16. The average Bonchev–Trinajstić information content (AvgIpc) is 2.85. The van der Waals surface area contributed by atoms with Gasteiger partial charge >= 0.3 is 0 Å². The summed E-state index contributed by atoms with van der Waals surface area (Å²) in [4.78, 5) is 32.9. The number of rotatable bonds is 3. The first-order chi connectivity index (χ1) is 11.1. The van der Waals surface area contributed by atoms with E-state index >= 15 is 0 Å². The van der Waals surface area contributed by atoms with Crippen LogP contribution in [-0.2, 0) is 9.59 Å². The topological polar surface area (TPSA) is 82.3 Å². The quantitative estimate of drug-likeness (QED) is 0.493. The number of imide groups is 1. The number of nitrogens with zero attached hydrogens (tertiary/aromatic N) is 3. The highest BCUT2D eigenvalue weighted by Crippen LogP contribution is 2.42. The highest BCUT2D eigenvalue weighted by atomic mass is 16.5. The van der Waals surface area contributed by atoms with Crippen molar-refractivity contribution in [2.45, 2.75) is 82.2 Å². The highest BCUT2D eigenvalue weighted by molar-refractivity contribution is 6.02. The van der Waals surface area contributed by atoms with E-state index in [0.29, 0.717) is 6.04 Å². The van der Waals surface area contributed by atoms with Gasteiger partial charge in [-0.1, -0.05) is 38.5 Å². The zero-order chi connectivity index (χ0) is 16.3. The number of carbonyl (C=O) groups excluding carboxylic acids is 2. The van der Waals surface area contributed by atoms with Crippen LogP contribution in [0.1, 0.15) is 70.6 Å². The maximum atomic E-state index is 12.2. The molecule has 1 atom stereocenters. The Balaban J connectivity index is 1.80. The van der Waals surface area contributed by atoms with Crippen LogP contribution in [0.25, 0.3) is 0 Å². The molecule has 1 unspecified atom stereocenters. The third-order valence-corrected chi connectivity index (χ3v) is 5.58. The summed E-state index contributed by atoms with van der Waals surface area (Å²) in [6.07, 6.45) is 10.5. The predicted octanol–water partition coefficient (Wildman–Crippen LogP) is 2.96. The lowest BCUT2D eigenvalue weighted by Crippen LogP contribution is -2.42. The minimum Gasteiger partial charge on any atom is -0.279 e. The van der Waals surface area contributed by atoms with Crippen molar-refractivity contribution in [1.29, 1.82) is 0 Å². The molecule has 1 aliphatic heterocycles. The van der Waals surface area contributed by atoms with Gasteiger partial charge in [0.15, 0.2) is 0 Å².